The topological polar surface area (TPSA) is 54.4 Å². The number of pyridine rings is 1. The van der Waals surface area contributed by atoms with Crippen LogP contribution in [0.3, 0.4) is 0 Å². The Morgan fingerprint density at radius 3 is 2.89 bits per heavy atom. The summed E-state index contributed by atoms with van der Waals surface area (Å²) in [6.45, 7) is 2.95. The maximum Gasteiger partial charge on any atom is 0.145 e. The second-order valence-corrected chi connectivity index (χ2v) is 4.31. The smallest absolute Gasteiger partial charge is 0.145 e. The Kier molecular flexibility index (Phi) is 4.12. The number of fused-ring (bicyclic) bond motifs is 1. The van der Waals surface area contributed by atoms with Crippen molar-refractivity contribution in [1.29, 1.82) is 0 Å². The number of hydrogen-bond acceptors (Lipinski definition) is 4. The number of para-hydroxylation sites is 1. The minimum absolute atomic E-state index is 0.347. The molecule has 1 heterocycles. The zero-order valence-corrected chi connectivity index (χ0v) is 10.7. The van der Waals surface area contributed by atoms with Gasteiger partial charge in [0.1, 0.15) is 11.3 Å². The van der Waals surface area contributed by atoms with Crippen molar-refractivity contribution in [1.82, 2.24) is 10.3 Å². The van der Waals surface area contributed by atoms with Crippen molar-refractivity contribution in [2.45, 2.75) is 19.6 Å². The van der Waals surface area contributed by atoms with Crippen LogP contribution in [0.15, 0.2) is 30.3 Å². The number of aliphatic hydroxyl groups is 1. The molecule has 96 valence electrons. The Balaban J connectivity index is 2.20. The van der Waals surface area contributed by atoms with Crippen molar-refractivity contribution >= 4 is 10.9 Å². The van der Waals surface area contributed by atoms with E-state index in [0.717, 1.165) is 22.3 Å². The third-order valence-corrected chi connectivity index (χ3v) is 2.71. The first-order valence-corrected chi connectivity index (χ1v) is 6.02. The Morgan fingerprint density at radius 1 is 1.33 bits per heavy atom. The first-order chi connectivity index (χ1) is 8.70. The van der Waals surface area contributed by atoms with Gasteiger partial charge in [0.15, 0.2) is 0 Å². The van der Waals surface area contributed by atoms with Crippen molar-refractivity contribution in [2.75, 3.05) is 13.7 Å². The van der Waals surface area contributed by atoms with Crippen molar-refractivity contribution in [3.8, 4) is 5.75 Å². The lowest BCUT2D eigenvalue weighted by Gasteiger charge is -2.09. The first-order valence-electron chi connectivity index (χ1n) is 6.02. The Morgan fingerprint density at radius 2 is 2.17 bits per heavy atom. The number of aliphatic hydroxyl groups excluding tert-OH is 1. The summed E-state index contributed by atoms with van der Waals surface area (Å²) in [5.74, 6) is 0.782. The van der Waals surface area contributed by atoms with Gasteiger partial charge in [-0.05, 0) is 19.1 Å². The molecule has 18 heavy (non-hydrogen) atoms. The van der Waals surface area contributed by atoms with Gasteiger partial charge in [0.25, 0.3) is 0 Å². The van der Waals surface area contributed by atoms with E-state index in [1.54, 1.807) is 14.0 Å². The third-order valence-electron chi connectivity index (χ3n) is 2.71. The second kappa shape index (κ2) is 5.80. The van der Waals surface area contributed by atoms with Crippen molar-refractivity contribution in [3.05, 3.63) is 36.0 Å². The summed E-state index contributed by atoms with van der Waals surface area (Å²) in [5.41, 5.74) is 1.81. The minimum Gasteiger partial charge on any atom is -0.494 e. The molecule has 1 atom stereocenters. The van der Waals surface area contributed by atoms with Crippen molar-refractivity contribution in [2.24, 2.45) is 0 Å². The third kappa shape index (κ3) is 2.97. The van der Waals surface area contributed by atoms with E-state index >= 15 is 0 Å². The van der Waals surface area contributed by atoms with Crippen LogP contribution in [0.2, 0.25) is 0 Å². The average Bonchev–Trinajstić information content (AvgIpc) is 2.37. The molecule has 0 aliphatic heterocycles. The molecular formula is C14H18N2O2. The van der Waals surface area contributed by atoms with E-state index in [0.29, 0.717) is 13.1 Å². The summed E-state index contributed by atoms with van der Waals surface area (Å²) < 4.78 is 5.30. The van der Waals surface area contributed by atoms with E-state index in [9.17, 15) is 5.11 Å². The summed E-state index contributed by atoms with van der Waals surface area (Å²) in [5, 5.41) is 13.4. The number of hydrogen-bond donors (Lipinski definition) is 2. The predicted octanol–water partition coefficient (Wildman–Crippen LogP) is 1.71. The fraction of sp³-hybridized carbons (Fsp3) is 0.357. The predicted molar refractivity (Wildman–Crippen MR) is 71.7 cm³/mol. The lowest BCUT2D eigenvalue weighted by Crippen LogP contribution is -2.24. The van der Waals surface area contributed by atoms with Crippen LogP contribution in [-0.4, -0.2) is 29.8 Å². The van der Waals surface area contributed by atoms with E-state index in [-0.39, 0.29) is 6.10 Å². The molecule has 0 spiro atoms. The molecule has 0 saturated carbocycles. The number of benzene rings is 1. The SMILES string of the molecule is COc1cccc2ccc(CNCC(C)O)nc12. The lowest BCUT2D eigenvalue weighted by atomic mass is 10.2. The average molecular weight is 246 g/mol. The standard InChI is InChI=1S/C14H18N2O2/c1-10(17)8-15-9-12-7-6-11-4-3-5-13(18-2)14(11)16-12/h3-7,10,15,17H,8-9H2,1-2H3. The van der Waals surface area contributed by atoms with E-state index in [4.69, 9.17) is 4.74 Å². The number of methoxy groups -OCH3 is 1. The quantitative estimate of drug-likeness (QED) is 0.843. The molecule has 1 aromatic carbocycles. The van der Waals surface area contributed by atoms with Crippen LogP contribution in [0, 0.1) is 0 Å². The molecule has 0 fully saturated rings. The molecule has 2 rings (SSSR count). The molecule has 1 aromatic heterocycles. The van der Waals surface area contributed by atoms with Gasteiger partial charge in [-0.3, -0.25) is 0 Å². The lowest BCUT2D eigenvalue weighted by molar-refractivity contribution is 0.191. The first kappa shape index (κ1) is 12.8. The monoisotopic (exact) mass is 246 g/mol. The van der Waals surface area contributed by atoms with Crippen LogP contribution >= 0.6 is 0 Å². The molecule has 0 aliphatic rings. The highest BCUT2D eigenvalue weighted by Crippen LogP contribution is 2.23. The van der Waals surface area contributed by atoms with Gasteiger partial charge in [0, 0.05) is 18.5 Å². The van der Waals surface area contributed by atoms with E-state index in [1.165, 1.54) is 0 Å². The molecule has 0 radical (unpaired) electrons. The van der Waals surface area contributed by atoms with Gasteiger partial charge in [-0.25, -0.2) is 4.98 Å². The normalized spacial score (nSPS) is 12.6. The van der Waals surface area contributed by atoms with Crippen LogP contribution in [-0.2, 0) is 6.54 Å². The van der Waals surface area contributed by atoms with Gasteiger partial charge in [-0.2, -0.15) is 0 Å². The zero-order chi connectivity index (χ0) is 13.0. The van der Waals surface area contributed by atoms with Crippen LogP contribution in [0.5, 0.6) is 5.75 Å². The highest BCUT2D eigenvalue weighted by Gasteiger charge is 2.04. The molecule has 0 aliphatic carbocycles. The summed E-state index contributed by atoms with van der Waals surface area (Å²) in [4.78, 5) is 4.57. The van der Waals surface area contributed by atoms with E-state index < -0.39 is 0 Å². The van der Waals surface area contributed by atoms with Gasteiger partial charge < -0.3 is 15.2 Å². The number of rotatable bonds is 5. The summed E-state index contributed by atoms with van der Waals surface area (Å²) in [7, 11) is 1.65. The van der Waals surface area contributed by atoms with Gasteiger partial charge in [0.2, 0.25) is 0 Å². The maximum atomic E-state index is 9.18. The number of nitrogens with one attached hydrogen (secondary N) is 1. The minimum atomic E-state index is -0.347. The van der Waals surface area contributed by atoms with Gasteiger partial charge >= 0.3 is 0 Å². The molecular weight excluding hydrogens is 228 g/mol. The Labute approximate surface area is 107 Å². The molecule has 0 amide bonds. The number of ether oxygens (including phenoxy) is 1. The maximum absolute atomic E-state index is 9.18. The summed E-state index contributed by atoms with van der Waals surface area (Å²) >= 11 is 0. The largest absolute Gasteiger partial charge is 0.494 e. The van der Waals surface area contributed by atoms with Crippen molar-refractivity contribution in [3.63, 3.8) is 0 Å². The van der Waals surface area contributed by atoms with Gasteiger partial charge in [-0.15, -0.1) is 0 Å². The molecule has 2 aromatic rings. The summed E-state index contributed by atoms with van der Waals surface area (Å²) in [6.07, 6.45) is -0.347. The summed E-state index contributed by atoms with van der Waals surface area (Å²) in [6, 6.07) is 9.88. The second-order valence-electron chi connectivity index (χ2n) is 4.31. The highest BCUT2D eigenvalue weighted by atomic mass is 16.5. The Bertz CT molecular complexity index is 526. The zero-order valence-electron chi connectivity index (χ0n) is 10.7. The van der Waals surface area contributed by atoms with Gasteiger partial charge in [-0.1, -0.05) is 18.2 Å². The number of nitrogens with zero attached hydrogens (tertiary/aromatic N) is 1. The fourth-order valence-corrected chi connectivity index (χ4v) is 1.83. The van der Waals surface area contributed by atoms with Crippen LogP contribution < -0.4 is 10.1 Å². The highest BCUT2D eigenvalue weighted by molar-refractivity contribution is 5.84. The molecule has 0 saturated heterocycles. The van der Waals surface area contributed by atoms with Crippen LogP contribution in [0.4, 0.5) is 0 Å². The molecule has 2 N–H and O–H groups in total. The fourth-order valence-electron chi connectivity index (χ4n) is 1.83. The molecule has 0 bridgehead atoms. The Hall–Kier alpha value is -1.65. The van der Waals surface area contributed by atoms with E-state index in [2.05, 4.69) is 10.3 Å². The van der Waals surface area contributed by atoms with Crippen LogP contribution in [0.1, 0.15) is 12.6 Å². The van der Waals surface area contributed by atoms with E-state index in [1.807, 2.05) is 30.3 Å². The van der Waals surface area contributed by atoms with Gasteiger partial charge in [0.05, 0.1) is 18.9 Å². The van der Waals surface area contributed by atoms with Crippen molar-refractivity contribution < 1.29 is 9.84 Å². The number of aromatic nitrogens is 1. The van der Waals surface area contributed by atoms with Crippen LogP contribution in [0.25, 0.3) is 10.9 Å². The molecule has 4 nitrogen and oxygen atoms in total. The molecule has 1 unspecified atom stereocenters. The molecule has 4 heteroatoms.